The molecule has 17 heavy (non-hydrogen) atoms. The molecule has 0 radical (unpaired) electrons. The van der Waals surface area contributed by atoms with Gasteiger partial charge < -0.3 is 14.4 Å². The van der Waals surface area contributed by atoms with Gasteiger partial charge in [-0.25, -0.2) is 9.78 Å². The van der Waals surface area contributed by atoms with Gasteiger partial charge in [-0.15, -0.1) is 11.3 Å². The maximum absolute atomic E-state index is 10.8. The van der Waals surface area contributed by atoms with E-state index in [0.717, 1.165) is 5.82 Å². The lowest BCUT2D eigenvalue weighted by atomic mass is 10.4. The zero-order chi connectivity index (χ0) is 12.3. The Hall–Kier alpha value is -1.82. The van der Waals surface area contributed by atoms with Crippen LogP contribution in [-0.4, -0.2) is 27.2 Å². The summed E-state index contributed by atoms with van der Waals surface area (Å²) >= 11 is 1.17. The third-order valence-electron chi connectivity index (χ3n) is 2.34. The molecular formula is C11H12N2O3S. The molecule has 0 atom stereocenters. The molecule has 0 bridgehead atoms. The number of ether oxygens (including phenoxy) is 1. The zero-order valence-electron chi connectivity index (χ0n) is 9.29. The molecule has 0 unspecified atom stereocenters. The lowest BCUT2D eigenvalue weighted by molar-refractivity contribution is 0.0698. The third-order valence-corrected chi connectivity index (χ3v) is 3.22. The van der Waals surface area contributed by atoms with E-state index in [1.54, 1.807) is 17.6 Å². The van der Waals surface area contributed by atoms with Crippen LogP contribution in [-0.2, 0) is 6.54 Å². The van der Waals surface area contributed by atoms with Crippen LogP contribution in [0.1, 0.15) is 15.5 Å². The highest BCUT2D eigenvalue weighted by Crippen LogP contribution is 2.24. The van der Waals surface area contributed by atoms with E-state index in [-0.39, 0.29) is 4.88 Å². The normalized spacial score (nSPS) is 10.4. The van der Waals surface area contributed by atoms with E-state index in [2.05, 4.69) is 4.98 Å². The van der Waals surface area contributed by atoms with Crippen LogP contribution in [0.2, 0.25) is 0 Å². The number of aromatic nitrogens is 2. The minimum atomic E-state index is -0.950. The lowest BCUT2D eigenvalue weighted by Gasteiger charge is -2.07. The van der Waals surface area contributed by atoms with Gasteiger partial charge in [0.25, 0.3) is 0 Å². The highest BCUT2D eigenvalue weighted by atomic mass is 32.1. The maximum atomic E-state index is 10.8. The number of carboxylic acid groups (broad SMARTS) is 1. The molecular weight excluding hydrogens is 240 g/mol. The number of aryl methyl sites for hydroxylation is 1. The predicted molar refractivity (Wildman–Crippen MR) is 63.7 cm³/mol. The van der Waals surface area contributed by atoms with Crippen LogP contribution < -0.4 is 4.74 Å². The second kappa shape index (κ2) is 5.01. The van der Waals surface area contributed by atoms with Gasteiger partial charge in [-0.05, 0) is 18.4 Å². The van der Waals surface area contributed by atoms with Gasteiger partial charge in [-0.1, -0.05) is 0 Å². The van der Waals surface area contributed by atoms with Crippen molar-refractivity contribution >= 4 is 17.3 Å². The molecule has 2 aromatic heterocycles. The van der Waals surface area contributed by atoms with Crippen molar-refractivity contribution in [2.75, 3.05) is 6.61 Å². The number of thiophene rings is 1. The Bertz CT molecular complexity index is 518. The molecule has 5 nitrogen and oxygen atoms in total. The highest BCUT2D eigenvalue weighted by Gasteiger charge is 2.12. The highest BCUT2D eigenvalue weighted by molar-refractivity contribution is 7.12. The summed E-state index contributed by atoms with van der Waals surface area (Å²) in [4.78, 5) is 15.2. The number of hydrogen-bond donors (Lipinski definition) is 1. The fourth-order valence-corrected chi connectivity index (χ4v) is 2.13. The SMILES string of the molecule is Cc1nccn1CCOc1ccsc1C(=O)O. The van der Waals surface area contributed by atoms with Gasteiger partial charge >= 0.3 is 5.97 Å². The molecule has 0 aromatic carbocycles. The van der Waals surface area contributed by atoms with E-state index in [0.29, 0.717) is 18.9 Å². The standard InChI is InChI=1S/C11H12N2O3S/c1-8-12-3-4-13(8)5-6-16-9-2-7-17-10(9)11(14)15/h2-4,7H,5-6H2,1H3,(H,14,15). The summed E-state index contributed by atoms with van der Waals surface area (Å²) in [6, 6.07) is 1.68. The van der Waals surface area contributed by atoms with Gasteiger partial charge in [0.15, 0.2) is 4.88 Å². The first-order valence-corrected chi connectivity index (χ1v) is 5.98. The maximum Gasteiger partial charge on any atom is 0.349 e. The van der Waals surface area contributed by atoms with E-state index >= 15 is 0 Å². The summed E-state index contributed by atoms with van der Waals surface area (Å²) in [5.74, 6) is 0.395. The molecule has 2 aromatic rings. The van der Waals surface area contributed by atoms with E-state index in [9.17, 15) is 4.79 Å². The first-order valence-electron chi connectivity index (χ1n) is 5.10. The monoisotopic (exact) mass is 252 g/mol. The van der Waals surface area contributed by atoms with Crippen LogP contribution in [0.25, 0.3) is 0 Å². The number of carbonyl (C=O) groups is 1. The second-order valence-corrected chi connectivity index (χ2v) is 4.35. The van der Waals surface area contributed by atoms with Crippen LogP contribution >= 0.6 is 11.3 Å². The van der Waals surface area contributed by atoms with Crippen molar-refractivity contribution in [2.45, 2.75) is 13.5 Å². The number of carboxylic acids is 1. The molecule has 0 aliphatic heterocycles. The van der Waals surface area contributed by atoms with Crippen LogP contribution in [0.15, 0.2) is 23.8 Å². The summed E-state index contributed by atoms with van der Waals surface area (Å²) < 4.78 is 7.40. The summed E-state index contributed by atoms with van der Waals surface area (Å²) in [5, 5.41) is 10.6. The van der Waals surface area contributed by atoms with Crippen LogP contribution in [0.3, 0.4) is 0 Å². The van der Waals surface area contributed by atoms with Crippen molar-refractivity contribution in [1.82, 2.24) is 9.55 Å². The molecule has 0 saturated heterocycles. The molecule has 0 spiro atoms. The fraction of sp³-hybridized carbons (Fsp3) is 0.273. The second-order valence-electron chi connectivity index (χ2n) is 3.44. The number of aromatic carboxylic acids is 1. The van der Waals surface area contributed by atoms with Crippen molar-refractivity contribution in [2.24, 2.45) is 0 Å². The predicted octanol–water partition coefficient (Wildman–Crippen LogP) is 2.03. The Kier molecular flexibility index (Phi) is 3.43. The number of rotatable bonds is 5. The Morgan fingerprint density at radius 1 is 1.65 bits per heavy atom. The van der Waals surface area contributed by atoms with Crippen molar-refractivity contribution in [1.29, 1.82) is 0 Å². The zero-order valence-corrected chi connectivity index (χ0v) is 10.1. The van der Waals surface area contributed by atoms with Gasteiger partial charge in [0.2, 0.25) is 0 Å². The van der Waals surface area contributed by atoms with E-state index in [4.69, 9.17) is 9.84 Å². The van der Waals surface area contributed by atoms with Gasteiger partial charge in [0.1, 0.15) is 18.2 Å². The van der Waals surface area contributed by atoms with Crippen LogP contribution in [0.4, 0.5) is 0 Å². The Morgan fingerprint density at radius 2 is 2.47 bits per heavy atom. The molecule has 2 rings (SSSR count). The Labute approximate surface area is 102 Å². The van der Waals surface area contributed by atoms with Crippen molar-refractivity contribution in [3.8, 4) is 5.75 Å². The summed E-state index contributed by atoms with van der Waals surface area (Å²) in [5.41, 5.74) is 0. The van der Waals surface area contributed by atoms with Crippen molar-refractivity contribution in [3.05, 3.63) is 34.5 Å². The van der Waals surface area contributed by atoms with Gasteiger partial charge in [-0.2, -0.15) is 0 Å². The lowest BCUT2D eigenvalue weighted by Crippen LogP contribution is -2.09. The Morgan fingerprint density at radius 3 is 3.12 bits per heavy atom. The average Bonchev–Trinajstić information content (AvgIpc) is 2.88. The quantitative estimate of drug-likeness (QED) is 0.884. The first-order chi connectivity index (χ1) is 8.18. The van der Waals surface area contributed by atoms with Gasteiger partial charge in [0.05, 0.1) is 6.54 Å². The molecule has 0 aliphatic carbocycles. The Balaban J connectivity index is 1.92. The molecule has 6 heteroatoms. The number of hydrogen-bond acceptors (Lipinski definition) is 4. The number of imidazole rings is 1. The number of nitrogens with zero attached hydrogens (tertiary/aromatic N) is 2. The van der Waals surface area contributed by atoms with Crippen LogP contribution in [0.5, 0.6) is 5.75 Å². The smallest absolute Gasteiger partial charge is 0.349 e. The summed E-state index contributed by atoms with van der Waals surface area (Å²) in [7, 11) is 0. The third kappa shape index (κ3) is 2.65. The molecule has 1 N–H and O–H groups in total. The van der Waals surface area contributed by atoms with E-state index in [1.165, 1.54) is 11.3 Å². The largest absolute Gasteiger partial charge is 0.490 e. The molecule has 0 saturated carbocycles. The fourth-order valence-electron chi connectivity index (χ4n) is 1.46. The molecule has 2 heterocycles. The molecule has 0 fully saturated rings. The van der Waals surface area contributed by atoms with Gasteiger partial charge in [0, 0.05) is 12.4 Å². The summed E-state index contributed by atoms with van der Waals surface area (Å²) in [6.07, 6.45) is 3.59. The summed E-state index contributed by atoms with van der Waals surface area (Å²) in [6.45, 7) is 2.99. The van der Waals surface area contributed by atoms with Gasteiger partial charge in [-0.3, -0.25) is 0 Å². The first kappa shape index (κ1) is 11.7. The van der Waals surface area contributed by atoms with Crippen molar-refractivity contribution < 1.29 is 14.6 Å². The molecule has 0 aliphatic rings. The molecule has 0 amide bonds. The van der Waals surface area contributed by atoms with E-state index in [1.807, 2.05) is 17.7 Å². The molecule has 90 valence electrons. The topological polar surface area (TPSA) is 64.4 Å². The minimum absolute atomic E-state index is 0.243. The van der Waals surface area contributed by atoms with Crippen LogP contribution in [0, 0.1) is 6.92 Å². The van der Waals surface area contributed by atoms with E-state index < -0.39 is 5.97 Å². The minimum Gasteiger partial charge on any atom is -0.490 e. The van der Waals surface area contributed by atoms with Crippen molar-refractivity contribution in [3.63, 3.8) is 0 Å². The average molecular weight is 252 g/mol.